The van der Waals surface area contributed by atoms with Gasteiger partial charge in [-0.05, 0) is 19.1 Å². The fourth-order valence-corrected chi connectivity index (χ4v) is 3.73. The molecule has 26 heavy (non-hydrogen) atoms. The summed E-state index contributed by atoms with van der Waals surface area (Å²) in [6.07, 6.45) is 1.90. The number of hydrogen-bond donors (Lipinski definition) is 1. The van der Waals surface area contributed by atoms with Gasteiger partial charge in [0.25, 0.3) is 0 Å². The van der Waals surface area contributed by atoms with Gasteiger partial charge in [0.1, 0.15) is 5.82 Å². The van der Waals surface area contributed by atoms with Crippen LogP contribution in [0.5, 0.6) is 0 Å². The highest BCUT2D eigenvalue weighted by Crippen LogP contribution is 2.24. The predicted molar refractivity (Wildman–Crippen MR) is 95.9 cm³/mol. The second kappa shape index (κ2) is 5.96. The van der Waals surface area contributed by atoms with Crippen LogP contribution in [0.2, 0.25) is 0 Å². The van der Waals surface area contributed by atoms with Crippen molar-refractivity contribution in [3.05, 3.63) is 24.5 Å². The Morgan fingerprint density at radius 1 is 1.23 bits per heavy atom. The number of morpholine rings is 1. The van der Waals surface area contributed by atoms with Crippen LogP contribution in [0, 0.1) is 0 Å². The molecule has 5 rings (SSSR count). The first kappa shape index (κ1) is 15.6. The molecule has 136 valence electrons. The van der Waals surface area contributed by atoms with E-state index in [1.165, 1.54) is 0 Å². The first-order valence-corrected chi connectivity index (χ1v) is 8.85. The van der Waals surface area contributed by atoms with Gasteiger partial charge >= 0.3 is 0 Å². The summed E-state index contributed by atoms with van der Waals surface area (Å²) in [5.41, 5.74) is 6.80. The number of anilines is 2. The quantitative estimate of drug-likeness (QED) is 0.723. The zero-order valence-electron chi connectivity index (χ0n) is 14.6. The number of aromatic nitrogens is 4. The van der Waals surface area contributed by atoms with Gasteiger partial charge in [0.15, 0.2) is 11.4 Å². The van der Waals surface area contributed by atoms with Crippen molar-refractivity contribution in [2.75, 3.05) is 43.4 Å². The summed E-state index contributed by atoms with van der Waals surface area (Å²) in [5.74, 6) is 2.25. The van der Waals surface area contributed by atoms with E-state index in [1.807, 2.05) is 12.1 Å². The van der Waals surface area contributed by atoms with E-state index in [2.05, 4.69) is 31.8 Å². The summed E-state index contributed by atoms with van der Waals surface area (Å²) in [7, 11) is 0. The fourth-order valence-electron chi connectivity index (χ4n) is 3.73. The Balaban J connectivity index is 1.44. The van der Waals surface area contributed by atoms with E-state index in [1.54, 1.807) is 16.8 Å². The van der Waals surface area contributed by atoms with Crippen LogP contribution in [0.1, 0.15) is 6.92 Å². The molecule has 0 radical (unpaired) electrons. The predicted octanol–water partition coefficient (Wildman–Crippen LogP) is 0.876. The molecule has 2 atom stereocenters. The van der Waals surface area contributed by atoms with Crippen molar-refractivity contribution in [2.24, 2.45) is 0 Å². The summed E-state index contributed by atoms with van der Waals surface area (Å²) in [5, 5.41) is 4.39. The highest BCUT2D eigenvalue weighted by atomic mass is 16.5. The van der Waals surface area contributed by atoms with Crippen molar-refractivity contribution in [2.45, 2.75) is 19.1 Å². The van der Waals surface area contributed by atoms with Crippen molar-refractivity contribution >= 4 is 17.4 Å². The van der Waals surface area contributed by atoms with Gasteiger partial charge < -0.3 is 19.8 Å². The number of hydrogen-bond acceptors (Lipinski definition) is 8. The van der Waals surface area contributed by atoms with E-state index < -0.39 is 0 Å². The summed E-state index contributed by atoms with van der Waals surface area (Å²) < 4.78 is 12.7. The van der Waals surface area contributed by atoms with E-state index in [0.29, 0.717) is 35.3 Å². The summed E-state index contributed by atoms with van der Waals surface area (Å²) in [6.45, 7) is 6.64. The van der Waals surface area contributed by atoms with Gasteiger partial charge in [-0.15, -0.1) is 5.10 Å². The molecule has 0 aliphatic carbocycles. The molecule has 0 amide bonds. The zero-order valence-corrected chi connectivity index (χ0v) is 14.6. The zero-order chi connectivity index (χ0) is 17.7. The third kappa shape index (κ3) is 2.60. The molecule has 2 aliphatic heterocycles. The third-order valence-electron chi connectivity index (χ3n) is 5.07. The van der Waals surface area contributed by atoms with Crippen molar-refractivity contribution < 1.29 is 9.15 Å². The van der Waals surface area contributed by atoms with Crippen molar-refractivity contribution in [3.8, 4) is 11.6 Å². The monoisotopic (exact) mass is 355 g/mol. The lowest BCUT2D eigenvalue weighted by atomic mass is 10.1. The summed E-state index contributed by atoms with van der Waals surface area (Å²) >= 11 is 0. The molecule has 2 aliphatic rings. The summed E-state index contributed by atoms with van der Waals surface area (Å²) in [6, 6.07) is 5.94. The molecule has 0 bridgehead atoms. The molecule has 0 unspecified atom stereocenters. The maximum Gasteiger partial charge on any atom is 0.225 e. The highest BCUT2D eigenvalue weighted by molar-refractivity contribution is 5.59. The van der Waals surface area contributed by atoms with Crippen LogP contribution < -0.4 is 10.6 Å². The largest absolute Gasteiger partial charge is 0.461 e. The molecule has 2 N–H and O–H groups in total. The average molecular weight is 355 g/mol. The number of nitrogens with two attached hydrogens (primary N) is 1. The van der Waals surface area contributed by atoms with E-state index in [0.717, 1.165) is 38.6 Å². The van der Waals surface area contributed by atoms with Crippen LogP contribution in [-0.2, 0) is 4.74 Å². The topological polar surface area (TPSA) is 98.0 Å². The van der Waals surface area contributed by atoms with Gasteiger partial charge in [-0.1, -0.05) is 0 Å². The Morgan fingerprint density at radius 3 is 3.00 bits per heavy atom. The maximum absolute atomic E-state index is 6.14. The first-order valence-electron chi connectivity index (χ1n) is 8.85. The van der Waals surface area contributed by atoms with Crippen molar-refractivity contribution in [1.29, 1.82) is 0 Å². The lowest BCUT2D eigenvalue weighted by Gasteiger charge is -2.45. The SMILES string of the molecule is C[C@H]1CN2CCN(c3cc4nc(-c5ccco5)nn4c(N)n3)C[C@H]2CO1. The Hall–Kier alpha value is -2.65. The molecule has 2 fully saturated rings. The van der Waals surface area contributed by atoms with E-state index in [-0.39, 0.29) is 0 Å². The Morgan fingerprint density at radius 2 is 2.15 bits per heavy atom. The highest BCUT2D eigenvalue weighted by Gasteiger charge is 2.32. The lowest BCUT2D eigenvalue weighted by molar-refractivity contribution is -0.0578. The summed E-state index contributed by atoms with van der Waals surface area (Å²) in [4.78, 5) is 13.8. The van der Waals surface area contributed by atoms with Crippen molar-refractivity contribution in [1.82, 2.24) is 24.5 Å². The van der Waals surface area contributed by atoms with Gasteiger partial charge in [-0.2, -0.15) is 9.50 Å². The van der Waals surface area contributed by atoms with Crippen LogP contribution in [-0.4, -0.2) is 69.4 Å². The Labute approximate surface area is 150 Å². The molecule has 0 saturated carbocycles. The molecule has 2 saturated heterocycles. The number of nitrogen functional groups attached to an aromatic ring is 1. The van der Waals surface area contributed by atoms with Gasteiger partial charge in [0, 0.05) is 32.2 Å². The maximum atomic E-state index is 6.14. The van der Waals surface area contributed by atoms with Crippen LogP contribution in [0.4, 0.5) is 11.8 Å². The lowest BCUT2D eigenvalue weighted by Crippen LogP contribution is -2.59. The molecular formula is C17H21N7O2. The van der Waals surface area contributed by atoms with Crippen molar-refractivity contribution in [3.63, 3.8) is 0 Å². The van der Waals surface area contributed by atoms with Crippen LogP contribution >= 0.6 is 0 Å². The second-order valence-corrected chi connectivity index (χ2v) is 6.89. The third-order valence-corrected chi connectivity index (χ3v) is 5.07. The van der Waals surface area contributed by atoms with Crippen LogP contribution in [0.25, 0.3) is 17.2 Å². The molecule has 9 heteroatoms. The molecule has 0 spiro atoms. The Bertz CT molecular complexity index is 923. The molecule has 3 aromatic rings. The smallest absolute Gasteiger partial charge is 0.225 e. The van der Waals surface area contributed by atoms with Crippen LogP contribution in [0.15, 0.2) is 28.9 Å². The van der Waals surface area contributed by atoms with Gasteiger partial charge in [0.05, 0.1) is 25.0 Å². The molecule has 0 aromatic carbocycles. The van der Waals surface area contributed by atoms with E-state index in [9.17, 15) is 0 Å². The van der Waals surface area contributed by atoms with Gasteiger partial charge in [0.2, 0.25) is 11.8 Å². The molecule has 3 aromatic heterocycles. The normalized spacial score (nSPS) is 24.1. The Kier molecular flexibility index (Phi) is 3.57. The average Bonchev–Trinajstić information content (AvgIpc) is 3.30. The number of furan rings is 1. The molecule has 5 heterocycles. The number of rotatable bonds is 2. The first-order chi connectivity index (χ1) is 12.7. The minimum atomic E-state index is 0.305. The molecule has 9 nitrogen and oxygen atoms in total. The van der Waals surface area contributed by atoms with Gasteiger partial charge in [-0.3, -0.25) is 4.90 Å². The van der Waals surface area contributed by atoms with Crippen LogP contribution in [0.3, 0.4) is 0 Å². The van der Waals surface area contributed by atoms with E-state index in [4.69, 9.17) is 14.9 Å². The standard InChI is InChI=1S/C17H21N7O2/c1-11-8-22-4-5-23(9-12(22)10-26-11)14-7-15-19-16(13-3-2-6-25-13)21-24(15)17(18)20-14/h2-3,6-7,11-12H,4-5,8-10H2,1H3,(H2,18,20)/t11-,12-/m0/s1. The number of nitrogens with zero attached hydrogens (tertiary/aromatic N) is 6. The number of fused-ring (bicyclic) bond motifs is 2. The minimum Gasteiger partial charge on any atom is -0.461 e. The van der Waals surface area contributed by atoms with Gasteiger partial charge in [-0.25, -0.2) is 4.98 Å². The second-order valence-electron chi connectivity index (χ2n) is 6.89. The number of piperazine rings is 1. The fraction of sp³-hybridized carbons (Fsp3) is 0.471. The van der Waals surface area contributed by atoms with E-state index >= 15 is 0 Å². The molecular weight excluding hydrogens is 334 g/mol. The minimum absolute atomic E-state index is 0.305. The number of ether oxygens (including phenoxy) is 1.